The van der Waals surface area contributed by atoms with Crippen molar-refractivity contribution in [2.45, 2.75) is 25.5 Å². The van der Waals surface area contributed by atoms with Crippen LogP contribution in [-0.2, 0) is 10.5 Å². The van der Waals surface area contributed by atoms with E-state index in [1.54, 1.807) is 17.4 Å². The monoisotopic (exact) mass is 256 g/mol. The van der Waals surface area contributed by atoms with Crippen molar-refractivity contribution in [1.29, 1.82) is 0 Å². The molecule has 0 saturated carbocycles. The van der Waals surface area contributed by atoms with Gasteiger partial charge in [0.2, 0.25) is 0 Å². The van der Waals surface area contributed by atoms with E-state index in [0.717, 1.165) is 11.3 Å². The van der Waals surface area contributed by atoms with Crippen LogP contribution >= 0.6 is 23.1 Å². The van der Waals surface area contributed by atoms with Crippen LogP contribution in [0.3, 0.4) is 0 Å². The Morgan fingerprint density at radius 1 is 1.62 bits per heavy atom. The Hall–Kier alpha value is -0.740. The minimum Gasteiger partial charge on any atom is -0.478 e. The highest BCUT2D eigenvalue weighted by Crippen LogP contribution is 2.21. The predicted molar refractivity (Wildman–Crippen MR) is 72.1 cm³/mol. The number of aliphatic carboxylic acids is 1. The lowest BCUT2D eigenvalue weighted by molar-refractivity contribution is -0.131. The third-order valence-electron chi connectivity index (χ3n) is 1.98. The molecule has 2 nitrogen and oxygen atoms in total. The van der Waals surface area contributed by atoms with Crippen LogP contribution in [0, 0.1) is 0 Å². The van der Waals surface area contributed by atoms with Crippen LogP contribution in [0.15, 0.2) is 17.5 Å². The first-order valence-electron chi connectivity index (χ1n) is 5.28. The highest BCUT2D eigenvalue weighted by Gasteiger charge is 1.98. The van der Waals surface area contributed by atoms with E-state index in [0.29, 0.717) is 0 Å². The molecule has 1 heterocycles. The minimum atomic E-state index is -0.898. The summed E-state index contributed by atoms with van der Waals surface area (Å²) in [6.45, 7) is 2.19. The fraction of sp³-hybridized carbons (Fsp3) is 0.417. The van der Waals surface area contributed by atoms with Crippen LogP contribution in [0.25, 0.3) is 6.08 Å². The third-order valence-corrected chi connectivity index (χ3v) is 4.21. The molecule has 1 rings (SSSR count). The van der Waals surface area contributed by atoms with Gasteiger partial charge in [-0.1, -0.05) is 13.3 Å². The number of rotatable bonds is 7. The Labute approximate surface area is 104 Å². The highest BCUT2D eigenvalue weighted by atomic mass is 32.2. The first-order chi connectivity index (χ1) is 7.72. The van der Waals surface area contributed by atoms with Gasteiger partial charge in [0.25, 0.3) is 0 Å². The molecule has 0 fully saturated rings. The summed E-state index contributed by atoms with van der Waals surface area (Å²) >= 11 is 3.63. The topological polar surface area (TPSA) is 37.3 Å². The summed E-state index contributed by atoms with van der Waals surface area (Å²) < 4.78 is 0. The molecule has 0 aromatic carbocycles. The number of carbonyl (C=O) groups is 1. The Morgan fingerprint density at radius 2 is 2.44 bits per heavy atom. The Bertz CT molecular complexity index is 356. The van der Waals surface area contributed by atoms with Crippen molar-refractivity contribution in [2.24, 2.45) is 0 Å². The Kier molecular flexibility index (Phi) is 6.26. The number of carboxylic acids is 1. The van der Waals surface area contributed by atoms with Gasteiger partial charge < -0.3 is 5.11 Å². The van der Waals surface area contributed by atoms with Crippen LogP contribution < -0.4 is 0 Å². The molecule has 0 aliphatic rings. The lowest BCUT2D eigenvalue weighted by atomic mass is 10.3. The zero-order chi connectivity index (χ0) is 11.8. The third kappa shape index (κ3) is 5.37. The summed E-state index contributed by atoms with van der Waals surface area (Å²) in [5.74, 6) is 1.34. The summed E-state index contributed by atoms with van der Waals surface area (Å²) in [5, 5.41) is 10.5. The largest absolute Gasteiger partial charge is 0.478 e. The smallest absolute Gasteiger partial charge is 0.328 e. The van der Waals surface area contributed by atoms with Gasteiger partial charge in [0.05, 0.1) is 0 Å². The summed E-state index contributed by atoms with van der Waals surface area (Å²) in [7, 11) is 0. The number of hydrogen-bond donors (Lipinski definition) is 1. The normalized spacial score (nSPS) is 11.1. The van der Waals surface area contributed by atoms with Crippen molar-refractivity contribution < 1.29 is 9.90 Å². The van der Waals surface area contributed by atoms with Gasteiger partial charge in [-0.3, -0.25) is 0 Å². The van der Waals surface area contributed by atoms with E-state index in [1.165, 1.54) is 29.5 Å². The molecule has 0 atom stereocenters. The molecule has 0 amide bonds. The maximum Gasteiger partial charge on any atom is 0.328 e. The summed E-state index contributed by atoms with van der Waals surface area (Å²) in [6.07, 6.45) is 5.32. The van der Waals surface area contributed by atoms with Crippen molar-refractivity contribution in [3.05, 3.63) is 28.0 Å². The van der Waals surface area contributed by atoms with E-state index in [1.807, 2.05) is 17.1 Å². The molecule has 4 heteroatoms. The van der Waals surface area contributed by atoms with Crippen LogP contribution in [0.1, 0.15) is 30.2 Å². The predicted octanol–water partition coefficient (Wildman–Crippen LogP) is 3.88. The van der Waals surface area contributed by atoms with Gasteiger partial charge in [-0.25, -0.2) is 4.79 Å². The molecule has 16 heavy (non-hydrogen) atoms. The van der Waals surface area contributed by atoms with Crippen molar-refractivity contribution in [2.75, 3.05) is 5.75 Å². The van der Waals surface area contributed by atoms with E-state index in [2.05, 4.69) is 13.0 Å². The lowest BCUT2D eigenvalue weighted by Crippen LogP contribution is -1.84. The van der Waals surface area contributed by atoms with E-state index in [9.17, 15) is 4.79 Å². The zero-order valence-electron chi connectivity index (χ0n) is 9.31. The molecule has 1 N–H and O–H groups in total. The first kappa shape index (κ1) is 13.3. The quantitative estimate of drug-likeness (QED) is 0.594. The van der Waals surface area contributed by atoms with Gasteiger partial charge in [-0.05, 0) is 35.3 Å². The van der Waals surface area contributed by atoms with E-state index < -0.39 is 5.97 Å². The molecular weight excluding hydrogens is 240 g/mol. The SMILES string of the molecule is CCCCSCc1cc(C=CC(=O)O)cs1. The van der Waals surface area contributed by atoms with Crippen LogP contribution in [0.5, 0.6) is 0 Å². The molecule has 1 aromatic heterocycles. The number of thioether (sulfide) groups is 1. The van der Waals surface area contributed by atoms with Crippen LogP contribution in [-0.4, -0.2) is 16.8 Å². The maximum atomic E-state index is 10.3. The number of hydrogen-bond acceptors (Lipinski definition) is 3. The molecule has 0 spiro atoms. The van der Waals surface area contributed by atoms with E-state index in [4.69, 9.17) is 5.11 Å². The molecule has 0 unspecified atom stereocenters. The molecular formula is C12H16O2S2. The van der Waals surface area contributed by atoms with Crippen molar-refractivity contribution in [3.8, 4) is 0 Å². The van der Waals surface area contributed by atoms with Crippen molar-refractivity contribution in [1.82, 2.24) is 0 Å². The standard InChI is InChI=1S/C12H16O2S2/c1-2-3-6-15-9-11-7-10(8-16-11)4-5-12(13)14/h4-5,7-8H,2-3,6,9H2,1H3,(H,13,14). The van der Waals surface area contributed by atoms with Gasteiger partial charge in [0.1, 0.15) is 0 Å². The Morgan fingerprint density at radius 3 is 3.12 bits per heavy atom. The average molecular weight is 256 g/mol. The summed E-state index contributed by atoms with van der Waals surface area (Å²) in [4.78, 5) is 11.6. The van der Waals surface area contributed by atoms with Crippen molar-refractivity contribution >= 4 is 35.1 Å². The lowest BCUT2D eigenvalue weighted by Gasteiger charge is -1.96. The molecule has 88 valence electrons. The maximum absolute atomic E-state index is 10.3. The van der Waals surface area contributed by atoms with Gasteiger partial charge in [-0.2, -0.15) is 11.8 Å². The van der Waals surface area contributed by atoms with E-state index >= 15 is 0 Å². The summed E-state index contributed by atoms with van der Waals surface area (Å²) in [5.41, 5.74) is 0.985. The Balaban J connectivity index is 2.36. The molecule has 0 aliphatic carbocycles. The average Bonchev–Trinajstić information content (AvgIpc) is 2.70. The summed E-state index contributed by atoms with van der Waals surface area (Å²) in [6, 6.07) is 2.06. The number of thiophene rings is 1. The van der Waals surface area contributed by atoms with Gasteiger partial charge in [-0.15, -0.1) is 11.3 Å². The fourth-order valence-electron chi connectivity index (χ4n) is 1.15. The zero-order valence-corrected chi connectivity index (χ0v) is 10.9. The van der Waals surface area contributed by atoms with E-state index in [-0.39, 0.29) is 0 Å². The van der Waals surface area contributed by atoms with Gasteiger partial charge in [0, 0.05) is 16.7 Å². The number of unbranched alkanes of at least 4 members (excludes halogenated alkanes) is 1. The molecule has 0 bridgehead atoms. The highest BCUT2D eigenvalue weighted by molar-refractivity contribution is 7.98. The van der Waals surface area contributed by atoms with Gasteiger partial charge >= 0.3 is 5.97 Å². The molecule has 1 aromatic rings. The van der Waals surface area contributed by atoms with Crippen LogP contribution in [0.4, 0.5) is 0 Å². The number of carboxylic acid groups (broad SMARTS) is 1. The molecule has 0 radical (unpaired) electrons. The molecule has 0 aliphatic heterocycles. The second-order valence-electron chi connectivity index (χ2n) is 3.42. The minimum absolute atomic E-state index is 0.898. The fourth-order valence-corrected chi connectivity index (χ4v) is 3.23. The van der Waals surface area contributed by atoms with Gasteiger partial charge in [0.15, 0.2) is 0 Å². The second-order valence-corrected chi connectivity index (χ2v) is 5.53. The molecule has 0 saturated heterocycles. The van der Waals surface area contributed by atoms with Crippen LogP contribution in [0.2, 0.25) is 0 Å². The van der Waals surface area contributed by atoms with Crippen molar-refractivity contribution in [3.63, 3.8) is 0 Å². The first-order valence-corrected chi connectivity index (χ1v) is 7.32. The second kappa shape index (κ2) is 7.52.